The molecule has 8 aromatic rings. The highest BCUT2D eigenvalue weighted by Gasteiger charge is 2.62. The number of nitrogens with one attached hydrogen (secondary N) is 2. The van der Waals surface area contributed by atoms with Crippen molar-refractivity contribution in [2.75, 3.05) is 10.6 Å². The summed E-state index contributed by atoms with van der Waals surface area (Å²) >= 11 is 0. The highest BCUT2D eigenvalue weighted by molar-refractivity contribution is 6.10. The molecule has 534 valence electrons. The Balaban J connectivity index is 0.949. The lowest BCUT2D eigenvalue weighted by atomic mass is 9.45. The van der Waals surface area contributed by atoms with Gasteiger partial charge < -0.3 is 31.1 Å². The molecule has 2 amide bonds. The van der Waals surface area contributed by atoms with Crippen molar-refractivity contribution in [2.24, 2.45) is 71.0 Å². The van der Waals surface area contributed by atoms with Crippen LogP contribution in [0.15, 0.2) is 133 Å². The van der Waals surface area contributed by atoms with Gasteiger partial charge >= 0.3 is 0 Å². The van der Waals surface area contributed by atoms with E-state index in [4.69, 9.17) is 25.7 Å². The van der Waals surface area contributed by atoms with Crippen molar-refractivity contribution in [3.63, 3.8) is 0 Å². The Labute approximate surface area is 629 Å². The number of amides is 2. The largest absolute Gasteiger partial charge is 0.508 e. The van der Waals surface area contributed by atoms with E-state index >= 15 is 9.59 Å². The van der Waals surface area contributed by atoms with Gasteiger partial charge in [0.25, 0.3) is 11.8 Å². The van der Waals surface area contributed by atoms with Crippen molar-refractivity contribution in [1.29, 1.82) is 0 Å². The molecule has 25 rings (SSSR count). The molecule has 0 saturated heterocycles. The molecule has 16 saturated carbocycles. The van der Waals surface area contributed by atoms with Gasteiger partial charge in [0.2, 0.25) is 0 Å². The van der Waals surface area contributed by atoms with E-state index in [1.165, 1.54) is 122 Å². The smallest absolute Gasteiger partial charge is 0.255 e. The van der Waals surface area contributed by atoms with Crippen molar-refractivity contribution >= 4 is 23.2 Å². The van der Waals surface area contributed by atoms with E-state index in [1.54, 1.807) is 60.7 Å². The van der Waals surface area contributed by atoms with Crippen LogP contribution >= 0.6 is 0 Å². The van der Waals surface area contributed by atoms with E-state index < -0.39 is 17.2 Å². The second-order valence-corrected chi connectivity index (χ2v) is 37.3. The number of anilines is 2. The quantitative estimate of drug-likeness (QED) is 0.0674. The molecule has 0 aliphatic heterocycles. The van der Waals surface area contributed by atoms with Crippen molar-refractivity contribution in [3.05, 3.63) is 211 Å². The molecule has 0 aromatic heterocycles. The summed E-state index contributed by atoms with van der Waals surface area (Å²) in [4.78, 5) is 30.7. The normalized spacial score (nSPS) is 32.4. The van der Waals surface area contributed by atoms with Crippen LogP contribution in [0.4, 0.5) is 11.4 Å². The number of benzene rings is 8. The Bertz CT molecular complexity index is 4920. The lowest BCUT2D eigenvalue weighted by Gasteiger charge is -2.59. The fourth-order valence-electron chi connectivity index (χ4n) is 28.8. The average molecular weight is 1410 g/mol. The van der Waals surface area contributed by atoms with E-state index in [-0.39, 0.29) is 67.2 Å². The summed E-state index contributed by atoms with van der Waals surface area (Å²) in [6.07, 6.45) is 54.6. The van der Waals surface area contributed by atoms with Gasteiger partial charge in [0.05, 0.1) is 27.9 Å². The van der Waals surface area contributed by atoms with Crippen LogP contribution in [-0.2, 0) is 27.1 Å². The second-order valence-electron chi connectivity index (χ2n) is 37.3. The molecule has 17 aliphatic carbocycles. The van der Waals surface area contributed by atoms with Gasteiger partial charge in [-0.2, -0.15) is 0 Å². The first-order valence-electron chi connectivity index (χ1n) is 40.4. The molecule has 16 fully saturated rings. The number of carbonyl (C=O) groups excluding carboxylic acids is 2. The Morgan fingerprint density at radius 1 is 0.327 bits per heavy atom. The van der Waals surface area contributed by atoms with Crippen LogP contribution in [0, 0.1) is 120 Å². The first-order valence-corrected chi connectivity index (χ1v) is 40.4. The van der Waals surface area contributed by atoms with Gasteiger partial charge in [-0.1, -0.05) is 72.2 Å². The molecule has 0 radical (unpaired) electrons. The van der Waals surface area contributed by atoms with Gasteiger partial charge in [0, 0.05) is 33.4 Å². The highest BCUT2D eigenvalue weighted by atomic mass is 16.3. The van der Waals surface area contributed by atoms with Crippen LogP contribution in [0.1, 0.15) is 242 Å². The topological polar surface area (TPSA) is 139 Å². The number of phenols is 4. The molecule has 8 aromatic carbocycles. The summed E-state index contributed by atoms with van der Waals surface area (Å²) in [5, 5.41) is 56.6. The van der Waals surface area contributed by atoms with E-state index in [2.05, 4.69) is 70.7 Å². The molecule has 0 heterocycles. The van der Waals surface area contributed by atoms with Crippen LogP contribution in [0.5, 0.6) is 23.0 Å². The standard InChI is InChI=1S/C99H92N2O6/c1-5-55-11-9-13-69(35-55)93(106)100-91-75(7-3)87(104)21-17-77(91)79-41-73(102)15-19-81(79)99(82-20-16-74(103)42-80(82)78-18-22-88(105)76(8-4)92(78)101-94(107)70-14-10-12-56(6-2)36-70)85-39-71(95-43-57-23-58(44-95)25-59(24-57)45-95)37-83(97-49-63-29-64(50-97)31-65(30-63)51-97)89(85)90-84(98-52-66-32-67(53-98)34-68(33-66)54-98)38-72(40-86(90)99)96-46-60-26-61(47-96)28-62(27-60)48-96/h1-4,9-22,35-42,57-68,102-105H,23-34,43-54H2,(H,100,106)(H,101,107). The average Bonchev–Trinajstić information content (AvgIpc) is 1.51. The van der Waals surface area contributed by atoms with Gasteiger partial charge in [0.15, 0.2) is 0 Å². The monoisotopic (exact) mass is 1400 g/mol. The summed E-state index contributed by atoms with van der Waals surface area (Å²) in [5.74, 6) is 17.3. The lowest BCUT2D eigenvalue weighted by molar-refractivity contribution is -0.00894. The molecule has 6 N–H and O–H groups in total. The van der Waals surface area contributed by atoms with Gasteiger partial charge in [-0.25, -0.2) is 0 Å². The summed E-state index contributed by atoms with van der Waals surface area (Å²) < 4.78 is 0. The third-order valence-electron chi connectivity index (χ3n) is 31.0. The van der Waals surface area contributed by atoms with Crippen molar-refractivity contribution in [3.8, 4) is 106 Å². The minimum atomic E-state index is -1.41. The van der Waals surface area contributed by atoms with Crippen LogP contribution in [0.3, 0.4) is 0 Å². The lowest BCUT2D eigenvalue weighted by Crippen LogP contribution is -2.50. The van der Waals surface area contributed by atoms with E-state index in [0.717, 1.165) is 88.2 Å². The fraction of sp³-hybridized carbons (Fsp3) is 0.414. The van der Waals surface area contributed by atoms with Crippen LogP contribution in [0.25, 0.3) is 33.4 Å². The van der Waals surface area contributed by atoms with E-state index in [1.807, 2.05) is 36.4 Å². The number of hydrogen-bond acceptors (Lipinski definition) is 6. The zero-order valence-corrected chi connectivity index (χ0v) is 61.0. The number of rotatable bonds is 12. The molecule has 107 heavy (non-hydrogen) atoms. The number of fused-ring (bicyclic) bond motifs is 3. The first kappa shape index (κ1) is 65.4. The van der Waals surface area contributed by atoms with Crippen LogP contribution in [0.2, 0.25) is 0 Å². The maximum atomic E-state index is 15.3. The van der Waals surface area contributed by atoms with Crippen molar-refractivity contribution in [1.82, 2.24) is 0 Å². The summed E-state index contributed by atoms with van der Waals surface area (Å²) in [6, 6.07) is 43.6. The Morgan fingerprint density at radius 2 is 0.636 bits per heavy atom. The maximum absolute atomic E-state index is 15.3. The second kappa shape index (κ2) is 23.6. The fourth-order valence-corrected chi connectivity index (χ4v) is 28.8. The molecule has 0 spiro atoms. The van der Waals surface area contributed by atoms with Crippen LogP contribution in [-0.4, -0.2) is 32.2 Å². The number of terminal acetylenes is 4. The predicted octanol–water partition coefficient (Wildman–Crippen LogP) is 20.5. The minimum absolute atomic E-state index is 0.0122. The minimum Gasteiger partial charge on any atom is -0.508 e. The zero-order chi connectivity index (χ0) is 72.4. The SMILES string of the molecule is C#Cc1cccc(C(=O)Nc2c(-c3cc(O)ccc3C3(c4ccc(O)cc4-c4ccc(O)c(C#C)c4NC(=O)c4cccc(C#C)c4)c4cc(C56CC7CC(CC(C7)C5)C6)cc(C56CC7CC(CC(C7)C5)C6)c4-c4c(C56CC7CC(CC(C7)C5)C6)cc(C56CC7CC(CC(C7)C5)C6)cc43)ccc(O)c2C#C)c1. The molecular formula is C99H92N2O6. The Hall–Kier alpha value is -9.86. The molecule has 8 heteroatoms. The number of phenolic OH excluding ortho intramolecular Hbond substituents is 4. The summed E-state index contributed by atoms with van der Waals surface area (Å²) in [6.45, 7) is 0. The maximum Gasteiger partial charge on any atom is 0.255 e. The van der Waals surface area contributed by atoms with Gasteiger partial charge in [-0.3, -0.25) is 9.59 Å². The molecule has 16 bridgehead atoms. The Kier molecular flexibility index (Phi) is 14.4. The predicted molar refractivity (Wildman–Crippen MR) is 421 cm³/mol. The zero-order valence-electron chi connectivity index (χ0n) is 61.0. The van der Waals surface area contributed by atoms with E-state index in [9.17, 15) is 20.4 Å². The highest BCUT2D eigenvalue weighted by Crippen LogP contribution is 2.73. The third kappa shape index (κ3) is 9.85. The number of aromatic hydroxyl groups is 4. The van der Waals surface area contributed by atoms with Crippen LogP contribution < -0.4 is 10.6 Å². The summed E-state index contributed by atoms with van der Waals surface area (Å²) in [5.41, 5.74) is 15.1. The van der Waals surface area contributed by atoms with Gasteiger partial charge in [-0.15, -0.1) is 25.7 Å². The third-order valence-corrected chi connectivity index (χ3v) is 31.0. The molecule has 0 unspecified atom stereocenters. The van der Waals surface area contributed by atoms with Gasteiger partial charge in [0.1, 0.15) is 23.0 Å². The summed E-state index contributed by atoms with van der Waals surface area (Å²) in [7, 11) is 0. The Morgan fingerprint density at radius 3 is 0.944 bits per heavy atom. The van der Waals surface area contributed by atoms with Gasteiger partial charge in [-0.05, 0) is 398 Å². The first-order chi connectivity index (χ1) is 51.9. The van der Waals surface area contributed by atoms with Crippen molar-refractivity contribution < 1.29 is 30.0 Å². The number of carbonyl (C=O) groups is 2. The molecular weight excluding hydrogens is 1310 g/mol. The number of hydrogen-bond donors (Lipinski definition) is 6. The van der Waals surface area contributed by atoms with E-state index in [0.29, 0.717) is 116 Å². The van der Waals surface area contributed by atoms with Crippen molar-refractivity contribution in [2.45, 2.75) is 181 Å². The molecule has 8 nitrogen and oxygen atoms in total. The molecule has 17 aliphatic rings. The molecule has 0 atom stereocenters.